The van der Waals surface area contributed by atoms with Gasteiger partial charge >= 0.3 is 0 Å². The maximum absolute atomic E-state index is 12.3. The summed E-state index contributed by atoms with van der Waals surface area (Å²) in [5, 5.41) is 6.15. The molecule has 2 aromatic carbocycles. The molecule has 0 saturated heterocycles. The van der Waals surface area contributed by atoms with E-state index in [2.05, 4.69) is 15.6 Å². The van der Waals surface area contributed by atoms with E-state index in [1.807, 2.05) is 69.3 Å². The summed E-state index contributed by atoms with van der Waals surface area (Å²) in [5.41, 5.74) is 3.69. The number of hydrogen-bond acceptors (Lipinski definition) is 4. The number of nitrogens with zero attached hydrogens (tertiary/aromatic N) is 1. The van der Waals surface area contributed by atoms with Crippen molar-refractivity contribution in [2.24, 2.45) is 0 Å². The maximum Gasteiger partial charge on any atom is 0.253 e. The van der Waals surface area contributed by atoms with Crippen LogP contribution < -0.4 is 15.4 Å². The molecular weight excluding hydrogens is 350 g/mol. The van der Waals surface area contributed by atoms with Crippen molar-refractivity contribution in [1.29, 1.82) is 0 Å². The number of anilines is 2. The fourth-order valence-electron chi connectivity index (χ4n) is 2.73. The third-order valence-electron chi connectivity index (χ3n) is 4.22. The van der Waals surface area contributed by atoms with E-state index in [9.17, 15) is 4.79 Å². The van der Waals surface area contributed by atoms with Gasteiger partial charge in [0.2, 0.25) is 0 Å². The number of ether oxygens (including phenoxy) is 1. The summed E-state index contributed by atoms with van der Waals surface area (Å²) >= 11 is 0. The Hall–Kier alpha value is -3.34. The van der Waals surface area contributed by atoms with Crippen molar-refractivity contribution < 1.29 is 9.53 Å². The highest BCUT2D eigenvalue weighted by molar-refractivity contribution is 5.94. The first-order valence-corrected chi connectivity index (χ1v) is 9.34. The zero-order valence-electron chi connectivity index (χ0n) is 16.4. The number of carbonyl (C=O) groups excluding carboxylic acids is 1. The summed E-state index contributed by atoms with van der Waals surface area (Å²) in [6.07, 6.45) is 1.72. The number of nitrogens with one attached hydrogen (secondary N) is 2. The predicted molar refractivity (Wildman–Crippen MR) is 112 cm³/mol. The van der Waals surface area contributed by atoms with Crippen molar-refractivity contribution in [3.63, 3.8) is 0 Å². The minimum atomic E-state index is -0.141. The van der Waals surface area contributed by atoms with Gasteiger partial charge in [-0.05, 0) is 68.3 Å². The number of hydrogen-bond donors (Lipinski definition) is 2. The Morgan fingerprint density at radius 3 is 2.43 bits per heavy atom. The highest BCUT2D eigenvalue weighted by Crippen LogP contribution is 2.20. The lowest BCUT2D eigenvalue weighted by atomic mass is 10.1. The van der Waals surface area contributed by atoms with Gasteiger partial charge in [-0.3, -0.25) is 4.79 Å². The van der Waals surface area contributed by atoms with Crippen LogP contribution in [0.2, 0.25) is 0 Å². The summed E-state index contributed by atoms with van der Waals surface area (Å²) in [7, 11) is 0. The van der Waals surface area contributed by atoms with Crippen LogP contribution in [-0.4, -0.2) is 17.0 Å². The van der Waals surface area contributed by atoms with E-state index in [0.717, 1.165) is 22.6 Å². The smallest absolute Gasteiger partial charge is 0.253 e. The fourth-order valence-corrected chi connectivity index (χ4v) is 2.73. The maximum atomic E-state index is 12.3. The van der Waals surface area contributed by atoms with E-state index in [1.165, 1.54) is 0 Å². The molecule has 144 valence electrons. The van der Waals surface area contributed by atoms with Crippen LogP contribution in [0.25, 0.3) is 0 Å². The van der Waals surface area contributed by atoms with Crippen LogP contribution in [0.1, 0.15) is 35.3 Å². The second kappa shape index (κ2) is 9.04. The van der Waals surface area contributed by atoms with Crippen LogP contribution in [0.4, 0.5) is 11.5 Å². The van der Waals surface area contributed by atoms with E-state index >= 15 is 0 Å². The monoisotopic (exact) mass is 375 g/mol. The van der Waals surface area contributed by atoms with Gasteiger partial charge in [-0.1, -0.05) is 24.3 Å². The minimum Gasteiger partial charge on any atom is -0.491 e. The largest absolute Gasteiger partial charge is 0.491 e. The molecule has 0 unspecified atom stereocenters. The van der Waals surface area contributed by atoms with E-state index < -0.39 is 0 Å². The molecule has 1 amide bonds. The third-order valence-corrected chi connectivity index (χ3v) is 4.22. The molecule has 5 heteroatoms. The summed E-state index contributed by atoms with van der Waals surface area (Å²) < 4.78 is 5.64. The van der Waals surface area contributed by atoms with Crippen LogP contribution in [0.3, 0.4) is 0 Å². The molecule has 0 aliphatic carbocycles. The van der Waals surface area contributed by atoms with Crippen molar-refractivity contribution in [3.05, 3.63) is 83.6 Å². The van der Waals surface area contributed by atoms with Crippen molar-refractivity contribution >= 4 is 17.4 Å². The first-order chi connectivity index (χ1) is 13.5. The number of carbonyl (C=O) groups is 1. The second-order valence-electron chi connectivity index (χ2n) is 6.86. The van der Waals surface area contributed by atoms with E-state index in [4.69, 9.17) is 4.74 Å². The summed E-state index contributed by atoms with van der Waals surface area (Å²) in [4.78, 5) is 16.7. The normalized spacial score (nSPS) is 10.6. The molecule has 2 N–H and O–H groups in total. The van der Waals surface area contributed by atoms with Gasteiger partial charge in [0.25, 0.3) is 5.91 Å². The Balaban J connectivity index is 1.57. The van der Waals surface area contributed by atoms with Gasteiger partial charge in [-0.25, -0.2) is 4.98 Å². The van der Waals surface area contributed by atoms with Gasteiger partial charge in [-0.2, -0.15) is 0 Å². The van der Waals surface area contributed by atoms with Gasteiger partial charge in [0.05, 0.1) is 11.7 Å². The average Bonchev–Trinajstić information content (AvgIpc) is 2.69. The van der Waals surface area contributed by atoms with Gasteiger partial charge in [0.1, 0.15) is 11.6 Å². The molecule has 28 heavy (non-hydrogen) atoms. The summed E-state index contributed by atoms with van der Waals surface area (Å²) in [6, 6.07) is 19.2. The lowest BCUT2D eigenvalue weighted by Gasteiger charge is -2.11. The van der Waals surface area contributed by atoms with Crippen molar-refractivity contribution in [1.82, 2.24) is 10.3 Å². The van der Waals surface area contributed by atoms with Crippen LogP contribution >= 0.6 is 0 Å². The fraction of sp³-hybridized carbons (Fsp3) is 0.217. The van der Waals surface area contributed by atoms with Crippen molar-refractivity contribution in [2.45, 2.75) is 33.4 Å². The molecule has 1 heterocycles. The van der Waals surface area contributed by atoms with Gasteiger partial charge in [0, 0.05) is 18.4 Å². The minimum absolute atomic E-state index is 0.141. The molecule has 3 rings (SSSR count). The SMILES string of the molecule is Cc1ccccc1CNC(=O)c1ccc(Nc2ccc(OC(C)C)cc2)nc1. The summed E-state index contributed by atoms with van der Waals surface area (Å²) in [5.74, 6) is 1.36. The summed E-state index contributed by atoms with van der Waals surface area (Å²) in [6.45, 7) is 6.52. The van der Waals surface area contributed by atoms with Gasteiger partial charge in [0.15, 0.2) is 0 Å². The van der Waals surface area contributed by atoms with Crippen molar-refractivity contribution in [2.75, 3.05) is 5.32 Å². The molecule has 0 aliphatic rings. The number of aryl methyl sites for hydroxylation is 1. The van der Waals surface area contributed by atoms with Crippen molar-refractivity contribution in [3.8, 4) is 5.75 Å². The number of benzene rings is 2. The van der Waals surface area contributed by atoms with Gasteiger partial charge < -0.3 is 15.4 Å². The molecule has 0 aliphatic heterocycles. The van der Waals surface area contributed by atoms with Gasteiger partial charge in [-0.15, -0.1) is 0 Å². The molecule has 0 fully saturated rings. The number of aromatic nitrogens is 1. The Bertz CT molecular complexity index is 919. The number of pyridine rings is 1. The van der Waals surface area contributed by atoms with Crippen LogP contribution in [0.5, 0.6) is 5.75 Å². The molecule has 0 bridgehead atoms. The molecule has 0 saturated carbocycles. The molecule has 1 aromatic heterocycles. The zero-order valence-corrected chi connectivity index (χ0v) is 16.4. The highest BCUT2D eigenvalue weighted by Gasteiger charge is 2.07. The lowest BCUT2D eigenvalue weighted by Crippen LogP contribution is -2.23. The molecule has 0 spiro atoms. The third kappa shape index (κ3) is 5.33. The quantitative estimate of drug-likeness (QED) is 0.620. The average molecular weight is 375 g/mol. The standard InChI is InChI=1S/C23H25N3O2/c1-16(2)28-21-11-9-20(10-12-21)26-22-13-8-19(15-24-22)23(27)25-14-18-7-5-4-6-17(18)3/h4-13,15-16H,14H2,1-3H3,(H,24,26)(H,25,27). The first-order valence-electron chi connectivity index (χ1n) is 9.34. The highest BCUT2D eigenvalue weighted by atomic mass is 16.5. The van der Waals surface area contributed by atoms with E-state index in [1.54, 1.807) is 18.3 Å². The zero-order chi connectivity index (χ0) is 19.9. The number of rotatable bonds is 7. The lowest BCUT2D eigenvalue weighted by molar-refractivity contribution is 0.0950. The van der Waals surface area contributed by atoms with Crippen LogP contribution in [0.15, 0.2) is 66.9 Å². The molecule has 5 nitrogen and oxygen atoms in total. The Labute approximate surface area is 165 Å². The topological polar surface area (TPSA) is 63.2 Å². The van der Waals surface area contributed by atoms with E-state index in [-0.39, 0.29) is 12.0 Å². The molecule has 3 aromatic rings. The Morgan fingerprint density at radius 1 is 1.04 bits per heavy atom. The predicted octanol–water partition coefficient (Wildman–Crippen LogP) is 4.85. The number of amides is 1. The first kappa shape index (κ1) is 19.4. The Morgan fingerprint density at radius 2 is 1.79 bits per heavy atom. The molecular formula is C23H25N3O2. The second-order valence-corrected chi connectivity index (χ2v) is 6.86. The molecule has 0 atom stereocenters. The Kier molecular flexibility index (Phi) is 6.27. The van der Waals surface area contributed by atoms with E-state index in [0.29, 0.717) is 17.9 Å². The van der Waals surface area contributed by atoms with Crippen LogP contribution in [-0.2, 0) is 6.54 Å². The van der Waals surface area contributed by atoms with Crippen LogP contribution in [0, 0.1) is 6.92 Å². The molecule has 0 radical (unpaired) electrons.